The summed E-state index contributed by atoms with van der Waals surface area (Å²) in [7, 11) is 0. The fourth-order valence-electron chi connectivity index (χ4n) is 1.52. The van der Waals surface area contributed by atoms with Gasteiger partial charge in [0.15, 0.2) is 0 Å². The molecule has 0 heterocycles. The summed E-state index contributed by atoms with van der Waals surface area (Å²) in [5.74, 6) is -3.26. The molecule has 0 bridgehead atoms. The molecule has 0 saturated heterocycles. The highest BCUT2D eigenvalue weighted by atomic mass is 79.9. The van der Waals surface area contributed by atoms with Crippen LogP contribution in [-0.2, 0) is 0 Å². The van der Waals surface area contributed by atoms with Crippen molar-refractivity contribution >= 4 is 33.2 Å². The molecule has 7 heteroatoms. The van der Waals surface area contributed by atoms with E-state index in [1.165, 1.54) is 6.07 Å². The minimum atomic E-state index is -0.974. The van der Waals surface area contributed by atoms with E-state index in [9.17, 15) is 18.0 Å². The molecule has 0 spiro atoms. The van der Waals surface area contributed by atoms with Crippen molar-refractivity contribution in [1.29, 1.82) is 0 Å². The first kappa shape index (κ1) is 14.4. The van der Waals surface area contributed by atoms with Crippen LogP contribution in [0.15, 0.2) is 34.8 Å². The van der Waals surface area contributed by atoms with E-state index in [-0.39, 0.29) is 16.9 Å². The van der Waals surface area contributed by atoms with Gasteiger partial charge in [-0.25, -0.2) is 13.2 Å². The fraction of sp³-hybridized carbons (Fsp3) is 0. The molecule has 0 saturated carbocycles. The Kier molecular flexibility index (Phi) is 3.99. The SMILES string of the molecule is Nc1cc(NC(=O)c2cc(F)ccc2Br)c(F)cc1F. The van der Waals surface area contributed by atoms with E-state index in [4.69, 9.17) is 5.73 Å². The number of benzene rings is 2. The van der Waals surface area contributed by atoms with E-state index >= 15 is 0 Å². The van der Waals surface area contributed by atoms with Crippen molar-refractivity contribution < 1.29 is 18.0 Å². The average Bonchev–Trinajstić information content (AvgIpc) is 2.38. The van der Waals surface area contributed by atoms with Crippen molar-refractivity contribution in [3.05, 3.63) is 57.8 Å². The van der Waals surface area contributed by atoms with Crippen LogP contribution >= 0.6 is 15.9 Å². The van der Waals surface area contributed by atoms with Crippen molar-refractivity contribution in [2.45, 2.75) is 0 Å². The highest BCUT2D eigenvalue weighted by Gasteiger charge is 2.15. The van der Waals surface area contributed by atoms with Crippen molar-refractivity contribution in [1.82, 2.24) is 0 Å². The lowest BCUT2D eigenvalue weighted by atomic mass is 10.2. The summed E-state index contributed by atoms with van der Waals surface area (Å²) >= 11 is 3.08. The van der Waals surface area contributed by atoms with Crippen molar-refractivity contribution in [3.63, 3.8) is 0 Å². The molecule has 2 aromatic rings. The van der Waals surface area contributed by atoms with E-state index in [2.05, 4.69) is 21.2 Å². The van der Waals surface area contributed by atoms with Crippen LogP contribution in [0.3, 0.4) is 0 Å². The third-order valence-electron chi connectivity index (χ3n) is 2.51. The Morgan fingerprint density at radius 2 is 1.80 bits per heavy atom. The van der Waals surface area contributed by atoms with Gasteiger partial charge in [-0.05, 0) is 40.2 Å². The summed E-state index contributed by atoms with van der Waals surface area (Å²) in [4.78, 5) is 11.9. The van der Waals surface area contributed by atoms with Crippen LogP contribution in [0.2, 0.25) is 0 Å². The lowest BCUT2D eigenvalue weighted by Gasteiger charge is -2.09. The maximum absolute atomic E-state index is 13.5. The van der Waals surface area contributed by atoms with Crippen LogP contribution in [0.1, 0.15) is 10.4 Å². The van der Waals surface area contributed by atoms with Gasteiger partial charge in [0.25, 0.3) is 5.91 Å². The number of nitrogens with one attached hydrogen (secondary N) is 1. The number of nitrogens with two attached hydrogens (primary N) is 1. The summed E-state index contributed by atoms with van der Waals surface area (Å²) < 4.78 is 39.9. The maximum atomic E-state index is 13.5. The predicted molar refractivity (Wildman–Crippen MR) is 72.8 cm³/mol. The summed E-state index contributed by atoms with van der Waals surface area (Å²) in [6.07, 6.45) is 0. The van der Waals surface area contributed by atoms with Crippen molar-refractivity contribution in [2.75, 3.05) is 11.1 Å². The Bertz CT molecular complexity index is 692. The van der Waals surface area contributed by atoms with Crippen LogP contribution in [0, 0.1) is 17.5 Å². The number of carbonyl (C=O) groups excluding carboxylic acids is 1. The summed E-state index contributed by atoms with van der Waals surface area (Å²) in [5, 5.41) is 2.21. The average molecular weight is 345 g/mol. The minimum Gasteiger partial charge on any atom is -0.396 e. The van der Waals surface area contributed by atoms with E-state index in [1.54, 1.807) is 0 Å². The molecule has 1 amide bonds. The van der Waals surface area contributed by atoms with Gasteiger partial charge in [-0.1, -0.05) is 0 Å². The Morgan fingerprint density at radius 3 is 2.50 bits per heavy atom. The molecule has 2 aromatic carbocycles. The van der Waals surface area contributed by atoms with Gasteiger partial charge in [-0.2, -0.15) is 0 Å². The molecule has 20 heavy (non-hydrogen) atoms. The van der Waals surface area contributed by atoms with Gasteiger partial charge < -0.3 is 11.1 Å². The quantitative estimate of drug-likeness (QED) is 0.816. The van der Waals surface area contributed by atoms with Gasteiger partial charge in [-0.3, -0.25) is 4.79 Å². The molecule has 0 fully saturated rings. The monoisotopic (exact) mass is 344 g/mol. The number of carbonyl (C=O) groups is 1. The minimum absolute atomic E-state index is 0.0210. The number of halogens is 4. The van der Waals surface area contributed by atoms with Crippen molar-refractivity contribution in [2.24, 2.45) is 0 Å². The Labute approximate surface area is 120 Å². The Balaban J connectivity index is 2.32. The van der Waals surface area contributed by atoms with Gasteiger partial charge in [0.2, 0.25) is 0 Å². The second kappa shape index (κ2) is 5.54. The molecular formula is C13H8BrF3N2O. The highest BCUT2D eigenvalue weighted by molar-refractivity contribution is 9.10. The van der Waals surface area contributed by atoms with Crippen molar-refractivity contribution in [3.8, 4) is 0 Å². The maximum Gasteiger partial charge on any atom is 0.256 e. The smallest absolute Gasteiger partial charge is 0.256 e. The number of rotatable bonds is 2. The first-order chi connectivity index (χ1) is 9.38. The molecule has 3 nitrogen and oxygen atoms in total. The van der Waals surface area contributed by atoms with Gasteiger partial charge in [0, 0.05) is 10.5 Å². The lowest BCUT2D eigenvalue weighted by Crippen LogP contribution is -2.14. The van der Waals surface area contributed by atoms with Gasteiger partial charge in [-0.15, -0.1) is 0 Å². The number of nitrogen functional groups attached to an aromatic ring is 1. The van der Waals surface area contributed by atoms with Gasteiger partial charge in [0.1, 0.15) is 17.5 Å². The van der Waals surface area contributed by atoms with Crippen LogP contribution in [-0.4, -0.2) is 5.91 Å². The molecule has 0 aromatic heterocycles. The third kappa shape index (κ3) is 2.93. The molecular weight excluding hydrogens is 337 g/mol. The lowest BCUT2D eigenvalue weighted by molar-refractivity contribution is 0.102. The molecule has 0 atom stereocenters. The first-order valence-electron chi connectivity index (χ1n) is 5.39. The van der Waals surface area contributed by atoms with Gasteiger partial charge >= 0.3 is 0 Å². The van der Waals surface area contributed by atoms with E-state index in [0.29, 0.717) is 10.5 Å². The van der Waals surface area contributed by atoms with Crippen LogP contribution < -0.4 is 11.1 Å². The molecule has 0 unspecified atom stereocenters. The number of anilines is 2. The highest BCUT2D eigenvalue weighted by Crippen LogP contribution is 2.23. The number of amides is 1. The zero-order chi connectivity index (χ0) is 14.9. The summed E-state index contributed by atoms with van der Waals surface area (Å²) in [6, 6.07) is 5.02. The molecule has 3 N–H and O–H groups in total. The topological polar surface area (TPSA) is 55.1 Å². The van der Waals surface area contributed by atoms with E-state index < -0.39 is 23.4 Å². The molecule has 104 valence electrons. The number of hydrogen-bond acceptors (Lipinski definition) is 2. The molecule has 0 aliphatic heterocycles. The zero-order valence-corrected chi connectivity index (χ0v) is 11.5. The second-order valence-electron chi connectivity index (χ2n) is 3.93. The standard InChI is InChI=1S/C13H8BrF3N2O/c14-8-2-1-6(15)3-7(8)13(20)19-12-5-11(18)9(16)4-10(12)17/h1-5H,18H2,(H,19,20). The van der Waals surface area contributed by atoms with Crippen LogP contribution in [0.4, 0.5) is 24.5 Å². The predicted octanol–water partition coefficient (Wildman–Crippen LogP) is 3.70. The molecule has 0 aliphatic rings. The molecule has 0 radical (unpaired) electrons. The molecule has 0 aliphatic carbocycles. The summed E-state index contributed by atoms with van der Waals surface area (Å²) in [6.45, 7) is 0. The fourth-order valence-corrected chi connectivity index (χ4v) is 1.95. The van der Waals surface area contributed by atoms with Gasteiger partial charge in [0.05, 0.1) is 16.9 Å². The second-order valence-corrected chi connectivity index (χ2v) is 4.79. The Morgan fingerprint density at radius 1 is 1.10 bits per heavy atom. The first-order valence-corrected chi connectivity index (χ1v) is 6.18. The molecule has 2 rings (SSSR count). The Hall–Kier alpha value is -2.02. The van der Waals surface area contributed by atoms with E-state index in [0.717, 1.165) is 18.2 Å². The largest absolute Gasteiger partial charge is 0.396 e. The zero-order valence-electron chi connectivity index (χ0n) is 9.88. The number of hydrogen-bond donors (Lipinski definition) is 2. The summed E-state index contributed by atoms with van der Waals surface area (Å²) in [5.41, 5.74) is 4.68. The van der Waals surface area contributed by atoms with Crippen LogP contribution in [0.5, 0.6) is 0 Å². The normalized spacial score (nSPS) is 10.4. The van der Waals surface area contributed by atoms with E-state index in [1.807, 2.05) is 0 Å². The van der Waals surface area contributed by atoms with Crippen LogP contribution in [0.25, 0.3) is 0 Å². The third-order valence-corrected chi connectivity index (χ3v) is 3.20.